The van der Waals surface area contributed by atoms with Gasteiger partial charge in [-0.25, -0.2) is 0 Å². The predicted molar refractivity (Wildman–Crippen MR) is 55.8 cm³/mol. The molecule has 0 aromatic carbocycles. The second-order valence-corrected chi connectivity index (χ2v) is 4.75. The number of amides is 1. The molecule has 1 atom stereocenters. The van der Waals surface area contributed by atoms with E-state index in [2.05, 4.69) is 11.8 Å². The lowest BCUT2D eigenvalue weighted by atomic mass is 9.92. The molecule has 0 bridgehead atoms. The standard InChI is InChI=1S/C11H20N2O/c1-2-11(5-3-4-6-11)13-8-9(12)7-10(13)14/h9H,2-8,12H2,1H3. The molecule has 0 aromatic rings. The zero-order valence-electron chi connectivity index (χ0n) is 8.96. The second-order valence-electron chi connectivity index (χ2n) is 4.75. The van der Waals surface area contributed by atoms with Gasteiger partial charge in [0, 0.05) is 24.5 Å². The van der Waals surface area contributed by atoms with Crippen LogP contribution in [0.3, 0.4) is 0 Å². The molecule has 2 N–H and O–H groups in total. The van der Waals surface area contributed by atoms with Crippen LogP contribution in [0.25, 0.3) is 0 Å². The molecule has 2 fully saturated rings. The number of nitrogens with zero attached hydrogens (tertiary/aromatic N) is 1. The van der Waals surface area contributed by atoms with Crippen molar-refractivity contribution in [1.29, 1.82) is 0 Å². The van der Waals surface area contributed by atoms with Gasteiger partial charge in [0.15, 0.2) is 0 Å². The van der Waals surface area contributed by atoms with Gasteiger partial charge in [-0.2, -0.15) is 0 Å². The van der Waals surface area contributed by atoms with Crippen LogP contribution in [0.15, 0.2) is 0 Å². The third-order valence-electron chi connectivity index (χ3n) is 3.92. The maximum atomic E-state index is 11.8. The molecule has 2 rings (SSSR count). The van der Waals surface area contributed by atoms with E-state index < -0.39 is 0 Å². The van der Waals surface area contributed by atoms with Gasteiger partial charge in [0.2, 0.25) is 5.91 Å². The van der Waals surface area contributed by atoms with Crippen LogP contribution in [0, 0.1) is 0 Å². The minimum atomic E-state index is 0.0755. The SMILES string of the molecule is CCC1(N2CC(N)CC2=O)CCCC1. The Balaban J connectivity index is 2.15. The molecule has 0 aromatic heterocycles. The second kappa shape index (κ2) is 3.54. The van der Waals surface area contributed by atoms with Crippen LogP contribution in [-0.4, -0.2) is 28.9 Å². The molecule has 1 unspecified atom stereocenters. The first-order chi connectivity index (χ1) is 6.68. The highest BCUT2D eigenvalue weighted by Gasteiger charge is 2.44. The summed E-state index contributed by atoms with van der Waals surface area (Å²) in [4.78, 5) is 13.9. The summed E-state index contributed by atoms with van der Waals surface area (Å²) in [6.45, 7) is 2.98. The molecule has 1 saturated heterocycles. The maximum absolute atomic E-state index is 11.8. The molecule has 1 amide bonds. The number of hydrogen-bond acceptors (Lipinski definition) is 2. The Labute approximate surface area is 85.6 Å². The molecule has 3 heteroatoms. The lowest BCUT2D eigenvalue weighted by molar-refractivity contribution is -0.133. The van der Waals surface area contributed by atoms with Crippen molar-refractivity contribution >= 4 is 5.91 Å². The van der Waals surface area contributed by atoms with Crippen LogP contribution in [0.2, 0.25) is 0 Å². The Morgan fingerprint density at radius 3 is 2.57 bits per heavy atom. The fraction of sp³-hybridized carbons (Fsp3) is 0.909. The first kappa shape index (κ1) is 9.97. The van der Waals surface area contributed by atoms with Gasteiger partial charge >= 0.3 is 0 Å². The number of hydrogen-bond donors (Lipinski definition) is 1. The van der Waals surface area contributed by atoms with E-state index in [9.17, 15) is 4.79 Å². The molecule has 14 heavy (non-hydrogen) atoms. The summed E-state index contributed by atoms with van der Waals surface area (Å²) < 4.78 is 0. The Bertz CT molecular complexity index is 233. The molecular formula is C11H20N2O. The van der Waals surface area contributed by atoms with Crippen molar-refractivity contribution in [2.45, 2.75) is 57.0 Å². The molecule has 80 valence electrons. The average molecular weight is 196 g/mol. The van der Waals surface area contributed by atoms with E-state index in [0.717, 1.165) is 13.0 Å². The summed E-state index contributed by atoms with van der Waals surface area (Å²) in [5, 5.41) is 0. The number of rotatable bonds is 2. The van der Waals surface area contributed by atoms with Crippen molar-refractivity contribution in [1.82, 2.24) is 4.90 Å². The van der Waals surface area contributed by atoms with Gasteiger partial charge in [-0.05, 0) is 19.3 Å². The molecule has 1 heterocycles. The number of carbonyl (C=O) groups excluding carboxylic acids is 1. The van der Waals surface area contributed by atoms with Crippen molar-refractivity contribution < 1.29 is 4.79 Å². The van der Waals surface area contributed by atoms with Crippen LogP contribution in [-0.2, 0) is 4.79 Å². The summed E-state index contributed by atoms with van der Waals surface area (Å²) in [6, 6.07) is 0.0755. The van der Waals surface area contributed by atoms with Crippen molar-refractivity contribution in [3.63, 3.8) is 0 Å². The molecule has 1 aliphatic heterocycles. The van der Waals surface area contributed by atoms with Gasteiger partial charge in [-0.1, -0.05) is 19.8 Å². The van der Waals surface area contributed by atoms with Crippen molar-refractivity contribution in [3.05, 3.63) is 0 Å². The third-order valence-corrected chi connectivity index (χ3v) is 3.92. The minimum Gasteiger partial charge on any atom is -0.335 e. The van der Waals surface area contributed by atoms with E-state index in [4.69, 9.17) is 5.73 Å². The summed E-state index contributed by atoms with van der Waals surface area (Å²) in [5.41, 5.74) is 6.01. The van der Waals surface area contributed by atoms with Crippen LogP contribution in [0.1, 0.15) is 45.4 Å². The predicted octanol–water partition coefficient (Wildman–Crippen LogP) is 1.27. The normalized spacial score (nSPS) is 31.4. The van der Waals surface area contributed by atoms with E-state index in [-0.39, 0.29) is 17.5 Å². The van der Waals surface area contributed by atoms with E-state index in [1.807, 2.05) is 0 Å². The molecule has 0 spiro atoms. The van der Waals surface area contributed by atoms with Crippen LogP contribution in [0.4, 0.5) is 0 Å². The van der Waals surface area contributed by atoms with Crippen LogP contribution < -0.4 is 5.73 Å². The molecule has 1 aliphatic carbocycles. The number of carbonyl (C=O) groups is 1. The highest BCUT2D eigenvalue weighted by molar-refractivity contribution is 5.80. The average Bonchev–Trinajstić information content (AvgIpc) is 2.73. The summed E-state index contributed by atoms with van der Waals surface area (Å²) in [5.74, 6) is 0.279. The molecule has 0 radical (unpaired) electrons. The van der Waals surface area contributed by atoms with Gasteiger partial charge in [0.05, 0.1) is 0 Å². The third kappa shape index (κ3) is 1.44. The lowest BCUT2D eigenvalue weighted by Gasteiger charge is -2.38. The van der Waals surface area contributed by atoms with Crippen molar-refractivity contribution in [2.24, 2.45) is 5.73 Å². The summed E-state index contributed by atoms with van der Waals surface area (Å²) in [7, 11) is 0. The Hall–Kier alpha value is -0.570. The summed E-state index contributed by atoms with van der Waals surface area (Å²) >= 11 is 0. The van der Waals surface area contributed by atoms with Crippen molar-refractivity contribution in [2.75, 3.05) is 6.54 Å². The molecular weight excluding hydrogens is 176 g/mol. The Morgan fingerprint density at radius 2 is 2.14 bits per heavy atom. The molecule has 2 aliphatic rings. The van der Waals surface area contributed by atoms with Crippen LogP contribution >= 0.6 is 0 Å². The van der Waals surface area contributed by atoms with Crippen LogP contribution in [0.5, 0.6) is 0 Å². The first-order valence-electron chi connectivity index (χ1n) is 5.74. The smallest absolute Gasteiger partial charge is 0.224 e. The van der Waals surface area contributed by atoms with Gasteiger partial charge in [-0.3, -0.25) is 4.79 Å². The van der Waals surface area contributed by atoms with E-state index in [1.165, 1.54) is 25.7 Å². The van der Waals surface area contributed by atoms with Gasteiger partial charge < -0.3 is 10.6 Å². The Kier molecular flexibility index (Phi) is 2.52. The van der Waals surface area contributed by atoms with Gasteiger partial charge in [0.1, 0.15) is 0 Å². The lowest BCUT2D eigenvalue weighted by Crippen LogP contribution is -2.47. The largest absolute Gasteiger partial charge is 0.335 e. The number of nitrogens with two attached hydrogens (primary N) is 1. The highest BCUT2D eigenvalue weighted by atomic mass is 16.2. The zero-order valence-corrected chi connectivity index (χ0v) is 8.96. The van der Waals surface area contributed by atoms with E-state index >= 15 is 0 Å². The first-order valence-corrected chi connectivity index (χ1v) is 5.74. The topological polar surface area (TPSA) is 46.3 Å². The highest BCUT2D eigenvalue weighted by Crippen LogP contribution is 2.39. The quantitative estimate of drug-likeness (QED) is 0.723. The van der Waals surface area contributed by atoms with Crippen molar-refractivity contribution in [3.8, 4) is 0 Å². The number of likely N-dealkylation sites (tertiary alicyclic amines) is 1. The van der Waals surface area contributed by atoms with E-state index in [1.54, 1.807) is 0 Å². The molecule has 1 saturated carbocycles. The minimum absolute atomic E-state index is 0.0755. The fourth-order valence-corrected chi connectivity index (χ4v) is 3.04. The monoisotopic (exact) mass is 196 g/mol. The van der Waals surface area contributed by atoms with E-state index in [0.29, 0.717) is 6.42 Å². The fourth-order valence-electron chi connectivity index (χ4n) is 3.04. The van der Waals surface area contributed by atoms with Gasteiger partial charge in [0.25, 0.3) is 0 Å². The maximum Gasteiger partial charge on any atom is 0.224 e. The van der Waals surface area contributed by atoms with Gasteiger partial charge in [-0.15, -0.1) is 0 Å². The zero-order chi connectivity index (χ0) is 10.2. The molecule has 3 nitrogen and oxygen atoms in total. The Morgan fingerprint density at radius 1 is 1.50 bits per heavy atom. The summed E-state index contributed by atoms with van der Waals surface area (Å²) in [6.07, 6.45) is 6.55.